The Morgan fingerprint density at radius 2 is 2.26 bits per heavy atom. The minimum atomic E-state index is -0.538. The predicted molar refractivity (Wildman–Crippen MR) is 70.6 cm³/mol. The number of nitrogens with two attached hydrogens (primary N) is 1. The molecule has 104 valence electrons. The molecular weight excluding hydrogens is 252 g/mol. The minimum absolute atomic E-state index is 0.104. The van der Waals surface area contributed by atoms with E-state index < -0.39 is 4.92 Å². The molecule has 0 heterocycles. The normalized spacial score (nSPS) is 11.4. The van der Waals surface area contributed by atoms with Crippen LogP contribution in [0.3, 0.4) is 0 Å². The molecule has 0 saturated carbocycles. The summed E-state index contributed by atoms with van der Waals surface area (Å²) in [6.07, 6.45) is 0. The molecule has 0 aliphatic carbocycles. The van der Waals surface area contributed by atoms with Crippen LogP contribution in [0, 0.1) is 10.1 Å². The van der Waals surface area contributed by atoms with Gasteiger partial charge in [-0.1, -0.05) is 5.16 Å². The number of aliphatic hydroxyl groups is 1. The fourth-order valence-electron chi connectivity index (χ4n) is 1.72. The molecule has 1 rings (SSSR count). The molecule has 19 heavy (non-hydrogen) atoms. The molecule has 0 aliphatic rings. The Hall–Kier alpha value is -2.35. The van der Waals surface area contributed by atoms with Crippen LogP contribution >= 0.6 is 0 Å². The monoisotopic (exact) mass is 268 g/mol. The second-order valence-corrected chi connectivity index (χ2v) is 3.75. The van der Waals surface area contributed by atoms with Gasteiger partial charge in [0.2, 0.25) is 0 Å². The van der Waals surface area contributed by atoms with Crippen molar-refractivity contribution in [2.24, 2.45) is 10.9 Å². The van der Waals surface area contributed by atoms with E-state index in [2.05, 4.69) is 5.16 Å². The summed E-state index contributed by atoms with van der Waals surface area (Å²) in [6, 6.07) is 4.28. The summed E-state index contributed by atoms with van der Waals surface area (Å²) in [7, 11) is 0. The minimum Gasteiger partial charge on any atom is -0.409 e. The molecule has 0 fully saturated rings. The molecule has 0 aromatic heterocycles. The summed E-state index contributed by atoms with van der Waals surface area (Å²) < 4.78 is 0. The van der Waals surface area contributed by atoms with Gasteiger partial charge in [-0.05, 0) is 19.1 Å². The van der Waals surface area contributed by atoms with Crippen LogP contribution in [0.25, 0.3) is 0 Å². The van der Waals surface area contributed by atoms with Crippen molar-refractivity contribution in [3.05, 3.63) is 33.9 Å². The second kappa shape index (κ2) is 6.55. The molecular formula is C11H16N4O4. The Morgan fingerprint density at radius 3 is 2.74 bits per heavy atom. The zero-order valence-electron chi connectivity index (χ0n) is 10.5. The molecule has 0 aliphatic heterocycles. The van der Waals surface area contributed by atoms with Crippen LogP contribution in [0.5, 0.6) is 0 Å². The van der Waals surface area contributed by atoms with Crippen LogP contribution < -0.4 is 10.6 Å². The number of benzene rings is 1. The van der Waals surface area contributed by atoms with Crippen molar-refractivity contribution in [3.8, 4) is 0 Å². The summed E-state index contributed by atoms with van der Waals surface area (Å²) in [6.45, 7) is 2.54. The first-order valence-electron chi connectivity index (χ1n) is 5.67. The number of anilines is 1. The highest BCUT2D eigenvalue weighted by molar-refractivity contribution is 5.98. The standard InChI is InChI=1S/C11H16N4O4/c1-2-14(5-6-16)9-4-3-8(11(12)13-17)7-10(9)15(18)19/h3-4,7,16-17H,2,5-6H2,1H3,(H2,12,13). The molecule has 0 radical (unpaired) electrons. The van der Waals surface area contributed by atoms with Crippen LogP contribution in [0.15, 0.2) is 23.4 Å². The highest BCUT2D eigenvalue weighted by Gasteiger charge is 2.20. The van der Waals surface area contributed by atoms with E-state index in [4.69, 9.17) is 16.0 Å². The maximum atomic E-state index is 11.1. The number of oxime groups is 1. The highest BCUT2D eigenvalue weighted by Crippen LogP contribution is 2.29. The van der Waals surface area contributed by atoms with Crippen LogP contribution in [-0.2, 0) is 0 Å². The van der Waals surface area contributed by atoms with E-state index >= 15 is 0 Å². The van der Waals surface area contributed by atoms with Gasteiger partial charge < -0.3 is 20.9 Å². The molecule has 0 unspecified atom stereocenters. The third kappa shape index (κ3) is 3.32. The average molecular weight is 268 g/mol. The number of hydrogen-bond donors (Lipinski definition) is 3. The molecule has 0 bridgehead atoms. The molecule has 8 nitrogen and oxygen atoms in total. The molecule has 0 atom stereocenters. The van der Waals surface area contributed by atoms with Crippen molar-refractivity contribution in [1.82, 2.24) is 0 Å². The zero-order valence-corrected chi connectivity index (χ0v) is 10.5. The number of amidine groups is 1. The summed E-state index contributed by atoms with van der Waals surface area (Å²) in [4.78, 5) is 12.2. The van der Waals surface area contributed by atoms with E-state index in [0.717, 1.165) is 0 Å². The molecule has 0 amide bonds. The molecule has 1 aromatic carbocycles. The van der Waals surface area contributed by atoms with Gasteiger partial charge in [-0.15, -0.1) is 0 Å². The first-order chi connectivity index (χ1) is 9.04. The maximum Gasteiger partial charge on any atom is 0.293 e. The Kier molecular flexibility index (Phi) is 5.07. The largest absolute Gasteiger partial charge is 0.409 e. The lowest BCUT2D eigenvalue weighted by atomic mass is 10.1. The number of likely N-dealkylation sites (N-methyl/N-ethyl adjacent to an activating group) is 1. The van der Waals surface area contributed by atoms with E-state index in [9.17, 15) is 10.1 Å². The molecule has 0 saturated heterocycles. The van der Waals surface area contributed by atoms with Crippen LogP contribution in [-0.4, -0.2) is 40.8 Å². The first kappa shape index (κ1) is 14.7. The van der Waals surface area contributed by atoms with Gasteiger partial charge in [-0.3, -0.25) is 10.1 Å². The van der Waals surface area contributed by atoms with E-state index in [-0.39, 0.29) is 23.7 Å². The average Bonchev–Trinajstić information content (AvgIpc) is 2.43. The molecule has 0 spiro atoms. The molecule has 1 aromatic rings. The summed E-state index contributed by atoms with van der Waals surface area (Å²) >= 11 is 0. The van der Waals surface area contributed by atoms with Gasteiger partial charge in [0.05, 0.1) is 11.5 Å². The second-order valence-electron chi connectivity index (χ2n) is 3.75. The highest BCUT2D eigenvalue weighted by atomic mass is 16.6. The molecule has 8 heteroatoms. The van der Waals surface area contributed by atoms with Crippen molar-refractivity contribution in [2.45, 2.75) is 6.92 Å². The third-order valence-corrected chi connectivity index (χ3v) is 2.67. The van der Waals surface area contributed by atoms with Gasteiger partial charge in [0.15, 0.2) is 5.84 Å². The zero-order chi connectivity index (χ0) is 14.4. The fourth-order valence-corrected chi connectivity index (χ4v) is 1.72. The Bertz CT molecular complexity index is 490. The van der Waals surface area contributed by atoms with Gasteiger partial charge in [0.25, 0.3) is 5.69 Å². The van der Waals surface area contributed by atoms with Gasteiger partial charge in [0.1, 0.15) is 5.69 Å². The number of nitro benzene ring substituents is 1. The van der Waals surface area contributed by atoms with E-state index in [1.165, 1.54) is 18.2 Å². The first-order valence-corrected chi connectivity index (χ1v) is 5.67. The Morgan fingerprint density at radius 1 is 1.58 bits per heavy atom. The number of hydrogen-bond acceptors (Lipinski definition) is 6. The lowest BCUT2D eigenvalue weighted by molar-refractivity contribution is -0.384. The summed E-state index contributed by atoms with van der Waals surface area (Å²) in [5, 5.41) is 31.4. The third-order valence-electron chi connectivity index (χ3n) is 2.67. The number of aliphatic hydroxyl groups excluding tert-OH is 1. The number of nitro groups is 1. The van der Waals surface area contributed by atoms with Crippen molar-refractivity contribution >= 4 is 17.2 Å². The van der Waals surface area contributed by atoms with E-state index in [1.807, 2.05) is 6.92 Å². The SMILES string of the molecule is CCN(CCO)c1ccc(C(N)=NO)cc1[N+](=O)[O-]. The maximum absolute atomic E-state index is 11.1. The van der Waals surface area contributed by atoms with Gasteiger partial charge >= 0.3 is 0 Å². The lowest BCUT2D eigenvalue weighted by Crippen LogP contribution is -2.27. The topological polar surface area (TPSA) is 125 Å². The van der Waals surface area contributed by atoms with Gasteiger partial charge in [-0.25, -0.2) is 0 Å². The Balaban J connectivity index is 3.29. The van der Waals surface area contributed by atoms with Crippen molar-refractivity contribution in [3.63, 3.8) is 0 Å². The predicted octanol–water partition coefficient (Wildman–Crippen LogP) is 0.508. The fraction of sp³-hybridized carbons (Fsp3) is 0.364. The van der Waals surface area contributed by atoms with E-state index in [1.54, 1.807) is 4.90 Å². The van der Waals surface area contributed by atoms with Gasteiger partial charge in [0, 0.05) is 24.7 Å². The number of nitrogens with zero attached hydrogens (tertiary/aromatic N) is 3. The van der Waals surface area contributed by atoms with Crippen LogP contribution in [0.2, 0.25) is 0 Å². The summed E-state index contributed by atoms with van der Waals surface area (Å²) in [5.74, 6) is -0.195. The smallest absolute Gasteiger partial charge is 0.293 e. The van der Waals surface area contributed by atoms with Crippen LogP contribution in [0.4, 0.5) is 11.4 Å². The van der Waals surface area contributed by atoms with Crippen molar-refractivity contribution < 1.29 is 15.2 Å². The van der Waals surface area contributed by atoms with E-state index in [0.29, 0.717) is 18.8 Å². The van der Waals surface area contributed by atoms with Crippen molar-refractivity contribution in [1.29, 1.82) is 0 Å². The summed E-state index contributed by atoms with van der Waals surface area (Å²) in [5.41, 5.74) is 5.90. The lowest BCUT2D eigenvalue weighted by Gasteiger charge is -2.21. The van der Waals surface area contributed by atoms with Gasteiger partial charge in [-0.2, -0.15) is 0 Å². The molecule has 4 N–H and O–H groups in total. The number of rotatable bonds is 6. The Labute approximate surface area is 109 Å². The van der Waals surface area contributed by atoms with Crippen molar-refractivity contribution in [2.75, 3.05) is 24.6 Å². The quantitative estimate of drug-likeness (QED) is 0.227. The van der Waals surface area contributed by atoms with Crippen LogP contribution in [0.1, 0.15) is 12.5 Å².